The smallest absolute Gasteiger partial charge is 0.0556 e. The van der Waals surface area contributed by atoms with Crippen LogP contribution in [0.15, 0.2) is 48.7 Å². The number of benzene rings is 1. The highest BCUT2D eigenvalue weighted by Gasteiger charge is 2.03. The van der Waals surface area contributed by atoms with Gasteiger partial charge in [0.25, 0.3) is 0 Å². The van der Waals surface area contributed by atoms with Crippen LogP contribution in [0.1, 0.15) is 5.56 Å². The van der Waals surface area contributed by atoms with Gasteiger partial charge in [0, 0.05) is 18.1 Å². The van der Waals surface area contributed by atoms with E-state index in [-0.39, 0.29) is 0 Å². The zero-order valence-corrected chi connectivity index (χ0v) is 7.85. The van der Waals surface area contributed by atoms with Crippen molar-refractivity contribution in [1.82, 2.24) is 4.57 Å². The molecule has 1 aliphatic heterocycles. The molecular weight excluding hydrogens is 170 g/mol. The Morgan fingerprint density at radius 1 is 1.07 bits per heavy atom. The van der Waals surface area contributed by atoms with E-state index < -0.39 is 0 Å². The SMILES string of the molecule is C1=CCn2ccc3cccc(c32)C=C1. The van der Waals surface area contributed by atoms with E-state index in [1.165, 1.54) is 16.5 Å². The molecule has 0 unspecified atom stereocenters. The quantitative estimate of drug-likeness (QED) is 0.588. The summed E-state index contributed by atoms with van der Waals surface area (Å²) in [7, 11) is 0. The number of para-hydroxylation sites is 1. The van der Waals surface area contributed by atoms with E-state index in [4.69, 9.17) is 0 Å². The Balaban J connectivity index is 2.43. The lowest BCUT2D eigenvalue weighted by molar-refractivity contribution is 0.862. The lowest BCUT2D eigenvalue weighted by atomic mass is 10.1. The van der Waals surface area contributed by atoms with Crippen LogP contribution in [-0.2, 0) is 6.54 Å². The molecule has 1 aliphatic rings. The van der Waals surface area contributed by atoms with E-state index in [2.05, 4.69) is 59.3 Å². The summed E-state index contributed by atoms with van der Waals surface area (Å²) >= 11 is 0. The molecule has 1 aromatic carbocycles. The average molecular weight is 181 g/mol. The Kier molecular flexibility index (Phi) is 1.57. The highest BCUT2D eigenvalue weighted by Crippen LogP contribution is 2.22. The molecule has 14 heavy (non-hydrogen) atoms. The van der Waals surface area contributed by atoms with Crippen molar-refractivity contribution in [1.29, 1.82) is 0 Å². The summed E-state index contributed by atoms with van der Waals surface area (Å²) in [5.74, 6) is 0. The Labute approximate surface area is 83.0 Å². The van der Waals surface area contributed by atoms with Crippen molar-refractivity contribution in [2.24, 2.45) is 0 Å². The molecule has 1 heteroatoms. The molecule has 0 radical (unpaired) electrons. The van der Waals surface area contributed by atoms with Gasteiger partial charge in [-0.05, 0) is 11.6 Å². The third-order valence-electron chi connectivity index (χ3n) is 2.64. The summed E-state index contributed by atoms with van der Waals surface area (Å²) in [5, 5.41) is 1.32. The van der Waals surface area contributed by atoms with Crippen LogP contribution in [0.2, 0.25) is 0 Å². The third-order valence-corrected chi connectivity index (χ3v) is 2.64. The first-order chi connectivity index (χ1) is 6.95. The molecule has 0 amide bonds. The van der Waals surface area contributed by atoms with Gasteiger partial charge in [0.05, 0.1) is 5.52 Å². The molecule has 1 nitrogen and oxygen atoms in total. The highest BCUT2D eigenvalue weighted by atomic mass is 14.9. The molecule has 68 valence electrons. The first-order valence-corrected chi connectivity index (χ1v) is 4.86. The van der Waals surface area contributed by atoms with Crippen LogP contribution in [0.5, 0.6) is 0 Å². The first kappa shape index (κ1) is 7.63. The van der Waals surface area contributed by atoms with Crippen LogP contribution in [-0.4, -0.2) is 4.57 Å². The highest BCUT2D eigenvalue weighted by molar-refractivity contribution is 5.88. The summed E-state index contributed by atoms with van der Waals surface area (Å²) in [6.07, 6.45) is 10.7. The van der Waals surface area contributed by atoms with Gasteiger partial charge in [0.2, 0.25) is 0 Å². The molecule has 0 atom stereocenters. The number of hydrogen-bond acceptors (Lipinski definition) is 0. The van der Waals surface area contributed by atoms with Crippen LogP contribution in [0.4, 0.5) is 0 Å². The predicted octanol–water partition coefficient (Wildman–Crippen LogP) is 3.22. The number of aromatic nitrogens is 1. The molecule has 2 aromatic rings. The topological polar surface area (TPSA) is 4.93 Å². The van der Waals surface area contributed by atoms with Crippen molar-refractivity contribution in [3.63, 3.8) is 0 Å². The zero-order valence-electron chi connectivity index (χ0n) is 7.85. The van der Waals surface area contributed by atoms with Gasteiger partial charge in [0.1, 0.15) is 0 Å². The molecule has 0 bridgehead atoms. The Morgan fingerprint density at radius 3 is 3.07 bits per heavy atom. The van der Waals surface area contributed by atoms with Crippen molar-refractivity contribution in [2.75, 3.05) is 0 Å². The number of hydrogen-bond donors (Lipinski definition) is 0. The number of nitrogens with zero attached hydrogens (tertiary/aromatic N) is 1. The van der Waals surface area contributed by atoms with Gasteiger partial charge in [-0.3, -0.25) is 0 Å². The maximum Gasteiger partial charge on any atom is 0.0556 e. The molecule has 0 saturated heterocycles. The minimum absolute atomic E-state index is 0.963. The fourth-order valence-electron chi connectivity index (χ4n) is 1.99. The van der Waals surface area contributed by atoms with Gasteiger partial charge in [-0.1, -0.05) is 42.5 Å². The van der Waals surface area contributed by atoms with Gasteiger partial charge in [-0.15, -0.1) is 0 Å². The van der Waals surface area contributed by atoms with Crippen molar-refractivity contribution in [3.8, 4) is 0 Å². The Hall–Kier alpha value is -1.76. The van der Waals surface area contributed by atoms with Gasteiger partial charge < -0.3 is 4.57 Å². The van der Waals surface area contributed by atoms with Crippen LogP contribution in [0.3, 0.4) is 0 Å². The third kappa shape index (κ3) is 1.02. The maximum absolute atomic E-state index is 2.28. The van der Waals surface area contributed by atoms with Crippen molar-refractivity contribution < 1.29 is 0 Å². The van der Waals surface area contributed by atoms with Crippen molar-refractivity contribution in [2.45, 2.75) is 6.54 Å². The summed E-state index contributed by atoms with van der Waals surface area (Å²) in [5.41, 5.74) is 2.64. The molecule has 0 saturated carbocycles. The molecule has 0 N–H and O–H groups in total. The minimum atomic E-state index is 0.963. The second kappa shape index (κ2) is 2.88. The molecule has 3 rings (SSSR count). The van der Waals surface area contributed by atoms with Crippen LogP contribution < -0.4 is 0 Å². The molecular formula is C13H11N. The molecule has 0 fully saturated rings. The van der Waals surface area contributed by atoms with Gasteiger partial charge in [-0.2, -0.15) is 0 Å². The average Bonchev–Trinajstić information content (AvgIpc) is 2.57. The lowest BCUT2D eigenvalue weighted by Gasteiger charge is -2.06. The molecule has 0 aliphatic carbocycles. The minimum Gasteiger partial charge on any atom is -0.343 e. The first-order valence-electron chi connectivity index (χ1n) is 4.86. The normalized spacial score (nSPS) is 14.3. The fourth-order valence-corrected chi connectivity index (χ4v) is 1.99. The Bertz CT molecular complexity index is 529. The van der Waals surface area contributed by atoms with Crippen molar-refractivity contribution >= 4 is 17.0 Å². The molecule has 0 spiro atoms. The van der Waals surface area contributed by atoms with E-state index in [0.29, 0.717) is 0 Å². The van der Waals surface area contributed by atoms with Crippen LogP contribution in [0, 0.1) is 0 Å². The maximum atomic E-state index is 2.28. The van der Waals surface area contributed by atoms with Crippen LogP contribution >= 0.6 is 0 Å². The monoisotopic (exact) mass is 181 g/mol. The zero-order chi connectivity index (χ0) is 9.38. The number of allylic oxidation sites excluding steroid dienone is 3. The summed E-state index contributed by atoms with van der Waals surface area (Å²) in [6.45, 7) is 0.963. The lowest BCUT2D eigenvalue weighted by Crippen LogP contribution is -1.95. The Morgan fingerprint density at radius 2 is 2.07 bits per heavy atom. The van der Waals surface area contributed by atoms with Crippen molar-refractivity contribution in [3.05, 3.63) is 54.3 Å². The fraction of sp³-hybridized carbons (Fsp3) is 0.0769. The second-order valence-electron chi connectivity index (χ2n) is 3.54. The van der Waals surface area contributed by atoms with Gasteiger partial charge in [0.15, 0.2) is 0 Å². The molecule has 1 aromatic heterocycles. The second-order valence-corrected chi connectivity index (χ2v) is 3.54. The van der Waals surface area contributed by atoms with E-state index in [1.54, 1.807) is 0 Å². The number of rotatable bonds is 0. The van der Waals surface area contributed by atoms with Crippen LogP contribution in [0.25, 0.3) is 17.0 Å². The van der Waals surface area contributed by atoms with E-state index in [0.717, 1.165) is 6.54 Å². The summed E-state index contributed by atoms with van der Waals surface area (Å²) in [4.78, 5) is 0. The predicted molar refractivity (Wildman–Crippen MR) is 60.1 cm³/mol. The largest absolute Gasteiger partial charge is 0.343 e. The van der Waals surface area contributed by atoms with E-state index >= 15 is 0 Å². The summed E-state index contributed by atoms with van der Waals surface area (Å²) < 4.78 is 2.28. The summed E-state index contributed by atoms with van der Waals surface area (Å²) in [6, 6.07) is 8.60. The molecule has 2 heterocycles. The van der Waals surface area contributed by atoms with Gasteiger partial charge >= 0.3 is 0 Å². The van der Waals surface area contributed by atoms with E-state index in [9.17, 15) is 0 Å². The van der Waals surface area contributed by atoms with E-state index in [1.807, 2.05) is 0 Å². The van der Waals surface area contributed by atoms with Gasteiger partial charge in [-0.25, -0.2) is 0 Å². The standard InChI is InChI=1S/C13H11N/c1-2-5-11-6-4-7-12-8-10-14(9-3-1)13(11)12/h1-8,10H,9H2.